The van der Waals surface area contributed by atoms with Crippen molar-refractivity contribution in [2.45, 2.75) is 31.3 Å². The SMILES string of the molecule is CCc1ccc(NC(=O)C2CN(S(=O)(=O)c3ccc(C)cc3)c3cc(Cl)ccc3O2)cc1. The molecule has 1 amide bonds. The third-order valence-electron chi connectivity index (χ3n) is 5.32. The quantitative estimate of drug-likeness (QED) is 0.580. The van der Waals surface area contributed by atoms with E-state index in [-0.39, 0.29) is 17.2 Å². The molecule has 1 heterocycles. The van der Waals surface area contributed by atoms with Crippen LogP contribution in [0, 0.1) is 6.92 Å². The normalized spacial score (nSPS) is 15.6. The number of fused-ring (bicyclic) bond motifs is 1. The van der Waals surface area contributed by atoms with E-state index in [0.717, 1.165) is 17.5 Å². The molecular formula is C24H23ClN2O4S. The number of halogens is 1. The fraction of sp³-hybridized carbons (Fsp3) is 0.208. The maximum Gasteiger partial charge on any atom is 0.267 e. The lowest BCUT2D eigenvalue weighted by Crippen LogP contribution is -2.48. The highest BCUT2D eigenvalue weighted by Crippen LogP contribution is 2.39. The summed E-state index contributed by atoms with van der Waals surface area (Å²) in [5, 5.41) is 3.18. The van der Waals surface area contributed by atoms with Gasteiger partial charge in [-0.3, -0.25) is 9.10 Å². The van der Waals surface area contributed by atoms with Crippen molar-refractivity contribution >= 4 is 38.9 Å². The number of nitrogens with one attached hydrogen (secondary N) is 1. The molecule has 0 saturated carbocycles. The number of benzene rings is 3. The first-order chi connectivity index (χ1) is 15.3. The van der Waals surface area contributed by atoms with Gasteiger partial charge in [-0.15, -0.1) is 0 Å². The number of carbonyl (C=O) groups excluding carboxylic acids is 1. The van der Waals surface area contributed by atoms with Crippen molar-refractivity contribution in [1.82, 2.24) is 0 Å². The van der Waals surface area contributed by atoms with E-state index in [9.17, 15) is 13.2 Å². The van der Waals surface area contributed by atoms with Crippen LogP contribution in [0.4, 0.5) is 11.4 Å². The molecule has 1 N–H and O–H groups in total. The van der Waals surface area contributed by atoms with Crippen molar-refractivity contribution in [3.8, 4) is 5.75 Å². The lowest BCUT2D eigenvalue weighted by Gasteiger charge is -2.35. The Labute approximate surface area is 192 Å². The van der Waals surface area contributed by atoms with E-state index in [4.69, 9.17) is 16.3 Å². The number of rotatable bonds is 5. The zero-order valence-electron chi connectivity index (χ0n) is 17.7. The van der Waals surface area contributed by atoms with Crippen LogP contribution in [-0.2, 0) is 21.2 Å². The number of ether oxygens (including phenoxy) is 1. The molecule has 0 spiro atoms. The highest BCUT2D eigenvalue weighted by molar-refractivity contribution is 7.92. The summed E-state index contributed by atoms with van der Waals surface area (Å²) in [7, 11) is -3.94. The molecule has 0 bridgehead atoms. The Bertz CT molecular complexity index is 1240. The van der Waals surface area contributed by atoms with Gasteiger partial charge < -0.3 is 10.1 Å². The minimum atomic E-state index is -3.94. The van der Waals surface area contributed by atoms with Gasteiger partial charge in [-0.2, -0.15) is 0 Å². The minimum Gasteiger partial charge on any atom is -0.476 e. The Morgan fingerprint density at radius 3 is 2.44 bits per heavy atom. The molecule has 3 aromatic rings. The maximum atomic E-state index is 13.5. The monoisotopic (exact) mass is 470 g/mol. The van der Waals surface area contributed by atoms with Crippen molar-refractivity contribution < 1.29 is 17.9 Å². The molecule has 32 heavy (non-hydrogen) atoms. The van der Waals surface area contributed by atoms with Crippen LogP contribution < -0.4 is 14.4 Å². The second kappa shape index (κ2) is 8.84. The molecule has 6 nitrogen and oxygen atoms in total. The van der Waals surface area contributed by atoms with E-state index < -0.39 is 22.0 Å². The summed E-state index contributed by atoms with van der Waals surface area (Å²) in [4.78, 5) is 13.1. The zero-order chi connectivity index (χ0) is 22.9. The van der Waals surface area contributed by atoms with Crippen LogP contribution in [0.15, 0.2) is 71.6 Å². The number of sulfonamides is 1. The van der Waals surface area contributed by atoms with Crippen molar-refractivity contribution in [2.75, 3.05) is 16.2 Å². The Balaban J connectivity index is 1.66. The van der Waals surface area contributed by atoms with Crippen LogP contribution in [0.3, 0.4) is 0 Å². The zero-order valence-corrected chi connectivity index (χ0v) is 19.3. The smallest absolute Gasteiger partial charge is 0.267 e. The molecule has 4 rings (SSSR count). The summed E-state index contributed by atoms with van der Waals surface area (Å²) in [6, 6.07) is 18.8. The molecule has 0 aliphatic carbocycles. The lowest BCUT2D eigenvalue weighted by atomic mass is 10.1. The summed E-state index contributed by atoms with van der Waals surface area (Å²) >= 11 is 6.13. The first-order valence-corrected chi connectivity index (χ1v) is 12.0. The van der Waals surface area contributed by atoms with E-state index >= 15 is 0 Å². The largest absolute Gasteiger partial charge is 0.476 e. The third-order valence-corrected chi connectivity index (χ3v) is 7.35. The Morgan fingerprint density at radius 2 is 1.78 bits per heavy atom. The van der Waals surface area contributed by atoms with Gasteiger partial charge in [0.2, 0.25) is 0 Å². The minimum absolute atomic E-state index is 0.130. The van der Waals surface area contributed by atoms with Gasteiger partial charge in [0.15, 0.2) is 6.10 Å². The third kappa shape index (κ3) is 4.45. The first-order valence-electron chi connectivity index (χ1n) is 10.2. The average molecular weight is 471 g/mol. The Hall–Kier alpha value is -3.03. The van der Waals surface area contributed by atoms with Crippen molar-refractivity contribution in [3.05, 3.63) is 82.9 Å². The number of amides is 1. The summed E-state index contributed by atoms with van der Waals surface area (Å²) in [6.45, 7) is 3.76. The molecule has 0 radical (unpaired) electrons. The standard InChI is InChI=1S/C24H23ClN2O4S/c1-3-17-6-9-19(10-7-17)26-24(28)23-15-27(21-14-18(25)8-13-22(21)31-23)32(29,30)20-11-4-16(2)5-12-20/h4-14,23H,3,15H2,1-2H3,(H,26,28). The molecule has 3 aromatic carbocycles. The van der Waals surface area contributed by atoms with Gasteiger partial charge in [0.05, 0.1) is 17.1 Å². The van der Waals surface area contributed by atoms with Crippen molar-refractivity contribution in [1.29, 1.82) is 0 Å². The van der Waals surface area contributed by atoms with Gasteiger partial charge in [0.25, 0.3) is 15.9 Å². The molecule has 1 aliphatic rings. The van der Waals surface area contributed by atoms with Crippen LogP contribution in [0.25, 0.3) is 0 Å². The number of anilines is 2. The van der Waals surface area contributed by atoms with Gasteiger partial charge in [-0.05, 0) is 61.4 Å². The molecule has 166 valence electrons. The molecule has 1 aliphatic heterocycles. The summed E-state index contributed by atoms with van der Waals surface area (Å²) in [5.74, 6) is -0.156. The molecular weight excluding hydrogens is 448 g/mol. The van der Waals surface area contributed by atoms with E-state index in [2.05, 4.69) is 12.2 Å². The van der Waals surface area contributed by atoms with E-state index in [1.807, 2.05) is 31.2 Å². The van der Waals surface area contributed by atoms with E-state index in [1.54, 1.807) is 36.4 Å². The van der Waals surface area contributed by atoms with Gasteiger partial charge >= 0.3 is 0 Å². The number of hydrogen-bond donors (Lipinski definition) is 1. The average Bonchev–Trinajstić information content (AvgIpc) is 2.79. The highest BCUT2D eigenvalue weighted by Gasteiger charge is 2.37. The number of hydrogen-bond acceptors (Lipinski definition) is 4. The van der Waals surface area contributed by atoms with Crippen molar-refractivity contribution in [3.63, 3.8) is 0 Å². The van der Waals surface area contributed by atoms with E-state index in [1.165, 1.54) is 10.4 Å². The summed E-state index contributed by atoms with van der Waals surface area (Å²) in [5.41, 5.74) is 3.01. The second-order valence-electron chi connectivity index (χ2n) is 7.61. The van der Waals surface area contributed by atoms with Crippen LogP contribution in [0.5, 0.6) is 5.75 Å². The Kier molecular flexibility index (Phi) is 6.13. The number of aryl methyl sites for hydroxylation is 2. The predicted molar refractivity (Wildman–Crippen MR) is 126 cm³/mol. The van der Waals surface area contributed by atoms with Crippen molar-refractivity contribution in [2.24, 2.45) is 0 Å². The van der Waals surface area contributed by atoms with Crippen LogP contribution >= 0.6 is 11.6 Å². The molecule has 8 heteroatoms. The lowest BCUT2D eigenvalue weighted by molar-refractivity contribution is -0.122. The summed E-state index contributed by atoms with van der Waals surface area (Å²) in [6.07, 6.45) is -0.139. The van der Waals surface area contributed by atoms with Crippen LogP contribution in [0.1, 0.15) is 18.1 Å². The maximum absolute atomic E-state index is 13.5. The molecule has 1 atom stereocenters. The van der Waals surface area contributed by atoms with Gasteiger partial charge in [0, 0.05) is 10.7 Å². The van der Waals surface area contributed by atoms with Gasteiger partial charge in [0.1, 0.15) is 5.75 Å². The molecule has 0 aromatic heterocycles. The highest BCUT2D eigenvalue weighted by atomic mass is 35.5. The fourth-order valence-electron chi connectivity index (χ4n) is 3.47. The molecule has 0 saturated heterocycles. The van der Waals surface area contributed by atoms with Crippen LogP contribution in [0.2, 0.25) is 5.02 Å². The fourth-order valence-corrected chi connectivity index (χ4v) is 5.11. The van der Waals surface area contributed by atoms with Gasteiger partial charge in [-0.1, -0.05) is 48.4 Å². The Morgan fingerprint density at radius 1 is 1.09 bits per heavy atom. The predicted octanol–water partition coefficient (Wildman–Crippen LogP) is 4.81. The van der Waals surface area contributed by atoms with E-state index in [0.29, 0.717) is 16.4 Å². The second-order valence-corrected chi connectivity index (χ2v) is 9.91. The first kappa shape index (κ1) is 22.2. The molecule has 1 unspecified atom stereocenters. The van der Waals surface area contributed by atoms with Crippen LogP contribution in [-0.4, -0.2) is 27.0 Å². The number of nitrogens with zero attached hydrogens (tertiary/aromatic N) is 1. The summed E-state index contributed by atoms with van der Waals surface area (Å²) < 4.78 is 34.0. The topological polar surface area (TPSA) is 75.7 Å². The molecule has 0 fully saturated rings. The number of carbonyl (C=O) groups is 1. The van der Waals surface area contributed by atoms with Gasteiger partial charge in [-0.25, -0.2) is 8.42 Å².